The van der Waals surface area contributed by atoms with Crippen LogP contribution in [0, 0.1) is 0 Å². The molecule has 0 aliphatic heterocycles. The predicted octanol–water partition coefficient (Wildman–Crippen LogP) is 2.03. The maximum absolute atomic E-state index is 9.70. The molecule has 0 spiro atoms. The first kappa shape index (κ1) is 12.4. The molecule has 1 unspecified atom stereocenters. The molecule has 1 aliphatic carbocycles. The lowest BCUT2D eigenvalue weighted by Gasteiger charge is -2.37. The van der Waals surface area contributed by atoms with Crippen LogP contribution in [0.25, 0.3) is 0 Å². The number of benzene rings is 1. The number of phenolic OH excluding ortho intramolecular Hbond substituents is 1. The molecule has 3 rings (SSSR count). The molecule has 1 aliphatic rings. The largest absolute Gasteiger partial charge is 0.508 e. The lowest BCUT2D eigenvalue weighted by atomic mass is 9.78. The van der Waals surface area contributed by atoms with Gasteiger partial charge in [0.1, 0.15) is 5.75 Å². The highest BCUT2D eigenvalue weighted by Crippen LogP contribution is 2.39. The van der Waals surface area contributed by atoms with Crippen molar-refractivity contribution in [2.45, 2.75) is 24.8 Å². The number of nitrogens with zero attached hydrogens (tertiary/aromatic N) is 1. The number of nitrogens with one attached hydrogen (secondary N) is 1. The average Bonchev–Trinajstić information content (AvgIpc) is 2.77. The quantitative estimate of drug-likeness (QED) is 0.784. The smallest absolute Gasteiger partial charge is 0.180 e. The van der Waals surface area contributed by atoms with Crippen LogP contribution in [0.4, 0.5) is 5.13 Å². The fourth-order valence-electron chi connectivity index (χ4n) is 2.84. The van der Waals surface area contributed by atoms with E-state index >= 15 is 0 Å². The molecule has 1 aromatic carbocycles. The van der Waals surface area contributed by atoms with Crippen LogP contribution in [0.15, 0.2) is 24.3 Å². The van der Waals surface area contributed by atoms with Gasteiger partial charge in [-0.05, 0) is 37.6 Å². The molecule has 0 amide bonds. The van der Waals surface area contributed by atoms with Gasteiger partial charge < -0.3 is 16.2 Å². The van der Waals surface area contributed by atoms with Crippen molar-refractivity contribution in [2.24, 2.45) is 0 Å². The minimum absolute atomic E-state index is 0.134. The highest BCUT2D eigenvalue weighted by Gasteiger charge is 2.36. The fourth-order valence-corrected chi connectivity index (χ4v) is 3.83. The van der Waals surface area contributed by atoms with Crippen LogP contribution >= 0.6 is 11.3 Å². The molecule has 0 fully saturated rings. The number of fused-ring (bicyclic) bond motifs is 1. The van der Waals surface area contributed by atoms with Crippen LogP contribution in [-0.2, 0) is 18.4 Å². The predicted molar refractivity (Wildman–Crippen MR) is 77.4 cm³/mol. The number of phenols is 1. The van der Waals surface area contributed by atoms with Crippen molar-refractivity contribution in [3.8, 4) is 5.75 Å². The molecule has 1 heterocycles. The molecule has 0 radical (unpaired) electrons. The van der Waals surface area contributed by atoms with Crippen LogP contribution in [0.3, 0.4) is 0 Å². The highest BCUT2D eigenvalue weighted by molar-refractivity contribution is 7.15. The van der Waals surface area contributed by atoms with Gasteiger partial charge >= 0.3 is 0 Å². The zero-order valence-electron chi connectivity index (χ0n) is 10.8. The monoisotopic (exact) mass is 275 g/mol. The first-order valence-electron chi connectivity index (χ1n) is 6.35. The maximum Gasteiger partial charge on any atom is 0.180 e. The van der Waals surface area contributed by atoms with E-state index in [0.717, 1.165) is 30.5 Å². The van der Waals surface area contributed by atoms with Gasteiger partial charge in [0.25, 0.3) is 0 Å². The standard InChI is InChI=1S/C14H17N3OS/c1-16-14(9-3-2-4-10(18)7-9)6-5-11-12(8-14)19-13(15)17-11/h2-4,7,16,18H,5-6,8H2,1H3,(H2,15,17). The molecule has 0 saturated carbocycles. The first-order valence-corrected chi connectivity index (χ1v) is 7.17. The number of thiazole rings is 1. The summed E-state index contributed by atoms with van der Waals surface area (Å²) in [5.41, 5.74) is 7.92. The molecule has 5 heteroatoms. The van der Waals surface area contributed by atoms with Crippen molar-refractivity contribution in [3.63, 3.8) is 0 Å². The van der Waals surface area contributed by atoms with E-state index in [9.17, 15) is 5.11 Å². The van der Waals surface area contributed by atoms with E-state index in [4.69, 9.17) is 5.73 Å². The molecule has 1 aromatic heterocycles. The molecular weight excluding hydrogens is 258 g/mol. The Labute approximate surface area is 116 Å². The van der Waals surface area contributed by atoms with Crippen LogP contribution in [0.2, 0.25) is 0 Å². The van der Waals surface area contributed by atoms with Crippen LogP contribution in [-0.4, -0.2) is 17.1 Å². The molecule has 100 valence electrons. The van der Waals surface area contributed by atoms with E-state index in [1.807, 2.05) is 19.2 Å². The fraction of sp³-hybridized carbons (Fsp3) is 0.357. The third-order valence-electron chi connectivity index (χ3n) is 3.92. The van der Waals surface area contributed by atoms with Crippen molar-refractivity contribution in [2.75, 3.05) is 12.8 Å². The Morgan fingerprint density at radius 2 is 2.32 bits per heavy atom. The maximum atomic E-state index is 9.70. The molecule has 4 N–H and O–H groups in total. The number of aromatic hydroxyl groups is 1. The van der Waals surface area contributed by atoms with Gasteiger partial charge in [0, 0.05) is 16.8 Å². The Morgan fingerprint density at radius 3 is 3.05 bits per heavy atom. The number of aromatic nitrogens is 1. The Morgan fingerprint density at radius 1 is 1.47 bits per heavy atom. The molecule has 1 atom stereocenters. The first-order chi connectivity index (χ1) is 9.13. The van der Waals surface area contributed by atoms with Gasteiger partial charge in [-0.15, -0.1) is 11.3 Å². The summed E-state index contributed by atoms with van der Waals surface area (Å²) in [6.07, 6.45) is 2.75. The second-order valence-corrected chi connectivity index (χ2v) is 6.10. The SMILES string of the molecule is CNC1(c2cccc(O)c2)CCc2nc(N)sc2C1. The molecule has 19 heavy (non-hydrogen) atoms. The van der Waals surface area contributed by atoms with Crippen LogP contribution in [0.1, 0.15) is 22.6 Å². The van der Waals surface area contributed by atoms with Crippen molar-refractivity contribution in [1.29, 1.82) is 0 Å². The van der Waals surface area contributed by atoms with Crippen LogP contribution in [0.5, 0.6) is 5.75 Å². The molecule has 0 bridgehead atoms. The number of hydrogen-bond donors (Lipinski definition) is 3. The van der Waals surface area contributed by atoms with Crippen molar-refractivity contribution < 1.29 is 5.11 Å². The van der Waals surface area contributed by atoms with Gasteiger partial charge in [0.2, 0.25) is 0 Å². The number of hydrogen-bond acceptors (Lipinski definition) is 5. The normalized spacial score (nSPS) is 22.2. The summed E-state index contributed by atoms with van der Waals surface area (Å²) in [5.74, 6) is 0.307. The second-order valence-electron chi connectivity index (χ2n) is 4.98. The summed E-state index contributed by atoms with van der Waals surface area (Å²) in [6.45, 7) is 0. The van der Waals surface area contributed by atoms with Crippen molar-refractivity contribution >= 4 is 16.5 Å². The zero-order valence-corrected chi connectivity index (χ0v) is 11.6. The highest BCUT2D eigenvalue weighted by atomic mass is 32.1. The summed E-state index contributed by atoms with van der Waals surface area (Å²) >= 11 is 1.57. The lowest BCUT2D eigenvalue weighted by Crippen LogP contribution is -2.44. The summed E-state index contributed by atoms with van der Waals surface area (Å²) in [5, 5.41) is 13.8. The van der Waals surface area contributed by atoms with E-state index in [0.29, 0.717) is 10.9 Å². The van der Waals surface area contributed by atoms with Gasteiger partial charge in [-0.2, -0.15) is 0 Å². The number of likely N-dealkylation sites (N-methyl/N-ethyl adjacent to an activating group) is 1. The third-order valence-corrected chi connectivity index (χ3v) is 4.85. The van der Waals surface area contributed by atoms with Crippen LogP contribution < -0.4 is 11.1 Å². The average molecular weight is 275 g/mol. The van der Waals surface area contributed by atoms with Crippen molar-refractivity contribution in [3.05, 3.63) is 40.4 Å². The molecule has 2 aromatic rings. The summed E-state index contributed by atoms with van der Waals surface area (Å²) in [6, 6.07) is 7.49. The van der Waals surface area contributed by atoms with Gasteiger partial charge in [0.15, 0.2) is 5.13 Å². The second kappa shape index (κ2) is 4.51. The third kappa shape index (κ3) is 2.09. The number of aryl methyl sites for hydroxylation is 1. The lowest BCUT2D eigenvalue weighted by molar-refractivity contribution is 0.314. The van der Waals surface area contributed by atoms with E-state index in [1.165, 1.54) is 4.88 Å². The van der Waals surface area contributed by atoms with Gasteiger partial charge in [-0.25, -0.2) is 4.98 Å². The number of nitrogen functional groups attached to an aromatic ring is 1. The topological polar surface area (TPSA) is 71.2 Å². The van der Waals surface area contributed by atoms with E-state index < -0.39 is 0 Å². The van der Waals surface area contributed by atoms with Gasteiger partial charge in [0.05, 0.1) is 5.69 Å². The minimum Gasteiger partial charge on any atom is -0.508 e. The van der Waals surface area contributed by atoms with E-state index in [2.05, 4.69) is 16.4 Å². The molecule has 0 saturated heterocycles. The minimum atomic E-state index is -0.134. The Kier molecular flexibility index (Phi) is 2.95. The summed E-state index contributed by atoms with van der Waals surface area (Å²) < 4.78 is 0. The number of anilines is 1. The Hall–Kier alpha value is -1.59. The van der Waals surface area contributed by atoms with E-state index in [1.54, 1.807) is 17.4 Å². The Bertz CT molecular complexity index is 610. The van der Waals surface area contributed by atoms with E-state index in [-0.39, 0.29) is 5.54 Å². The molecule has 4 nitrogen and oxygen atoms in total. The van der Waals surface area contributed by atoms with Gasteiger partial charge in [-0.3, -0.25) is 0 Å². The van der Waals surface area contributed by atoms with Crippen molar-refractivity contribution in [1.82, 2.24) is 10.3 Å². The summed E-state index contributed by atoms with van der Waals surface area (Å²) in [4.78, 5) is 5.63. The van der Waals surface area contributed by atoms with Gasteiger partial charge in [-0.1, -0.05) is 12.1 Å². The Balaban J connectivity index is 2.02. The zero-order chi connectivity index (χ0) is 13.5. The number of rotatable bonds is 2. The summed E-state index contributed by atoms with van der Waals surface area (Å²) in [7, 11) is 1.97. The molecular formula is C14H17N3OS. The number of nitrogens with two attached hydrogens (primary N) is 1.